The Labute approximate surface area is 177 Å². The molecule has 2 amide bonds. The standard InChI is InChI=1S/C24H29FN4O/c25-22-7-5-20(6-8-22)21-10-15-29(16-11-21)24(30)27-18-19-9-12-26-23(17-19)28-13-3-1-2-4-14-28/h5-10,12,17H,1-4,11,13-16,18H2,(H,27,30). The molecule has 0 aliphatic carbocycles. The van der Waals surface area contributed by atoms with Gasteiger partial charge in [-0.15, -0.1) is 0 Å². The minimum Gasteiger partial charge on any atom is -0.357 e. The van der Waals surface area contributed by atoms with Crippen LogP contribution in [-0.2, 0) is 6.54 Å². The van der Waals surface area contributed by atoms with Crippen molar-refractivity contribution in [3.63, 3.8) is 0 Å². The van der Waals surface area contributed by atoms with Gasteiger partial charge in [-0.25, -0.2) is 14.2 Å². The van der Waals surface area contributed by atoms with E-state index in [2.05, 4.69) is 27.3 Å². The number of rotatable bonds is 4. The van der Waals surface area contributed by atoms with E-state index in [1.165, 1.54) is 37.8 Å². The molecule has 0 saturated carbocycles. The van der Waals surface area contributed by atoms with Crippen LogP contribution in [0.5, 0.6) is 0 Å². The average Bonchev–Trinajstić information content (AvgIpc) is 3.08. The predicted octanol–water partition coefficient (Wildman–Crippen LogP) is 4.60. The van der Waals surface area contributed by atoms with Crippen molar-refractivity contribution in [1.29, 1.82) is 0 Å². The SMILES string of the molecule is O=C(NCc1ccnc(N2CCCCCC2)c1)N1CC=C(c2ccc(F)cc2)CC1. The molecule has 2 aromatic rings. The lowest BCUT2D eigenvalue weighted by Crippen LogP contribution is -2.41. The Morgan fingerprint density at radius 2 is 1.80 bits per heavy atom. The number of nitrogens with one attached hydrogen (secondary N) is 1. The molecule has 158 valence electrons. The summed E-state index contributed by atoms with van der Waals surface area (Å²) in [5.41, 5.74) is 3.25. The number of amides is 2. The summed E-state index contributed by atoms with van der Waals surface area (Å²) in [4.78, 5) is 21.3. The number of pyridine rings is 1. The van der Waals surface area contributed by atoms with Gasteiger partial charge in [0.2, 0.25) is 0 Å². The second-order valence-corrected chi connectivity index (χ2v) is 8.01. The van der Waals surface area contributed by atoms with Gasteiger partial charge in [-0.1, -0.05) is 31.1 Å². The maximum atomic E-state index is 13.1. The fourth-order valence-electron chi connectivity index (χ4n) is 4.11. The normalized spacial score (nSPS) is 17.3. The molecule has 0 spiro atoms. The smallest absolute Gasteiger partial charge is 0.317 e. The van der Waals surface area contributed by atoms with Gasteiger partial charge in [0, 0.05) is 38.9 Å². The highest BCUT2D eigenvalue weighted by Gasteiger charge is 2.18. The highest BCUT2D eigenvalue weighted by molar-refractivity contribution is 5.76. The number of hydrogen-bond acceptors (Lipinski definition) is 3. The first-order valence-corrected chi connectivity index (χ1v) is 10.9. The molecule has 2 aliphatic heterocycles. The van der Waals surface area contributed by atoms with Crippen molar-refractivity contribution in [3.05, 3.63) is 65.6 Å². The number of benzene rings is 1. The number of halogens is 1. The van der Waals surface area contributed by atoms with E-state index in [1.54, 1.807) is 12.1 Å². The molecule has 3 heterocycles. The molecule has 0 unspecified atom stereocenters. The zero-order chi connectivity index (χ0) is 20.8. The van der Waals surface area contributed by atoms with Crippen LogP contribution in [0.25, 0.3) is 5.57 Å². The van der Waals surface area contributed by atoms with E-state index in [0.29, 0.717) is 19.6 Å². The maximum Gasteiger partial charge on any atom is 0.317 e. The van der Waals surface area contributed by atoms with Crippen molar-refractivity contribution in [2.45, 2.75) is 38.6 Å². The Morgan fingerprint density at radius 3 is 2.50 bits per heavy atom. The molecular weight excluding hydrogens is 379 g/mol. The van der Waals surface area contributed by atoms with Gasteiger partial charge in [0.05, 0.1) is 0 Å². The number of anilines is 1. The van der Waals surface area contributed by atoms with E-state index in [-0.39, 0.29) is 11.8 Å². The van der Waals surface area contributed by atoms with Gasteiger partial charge in [-0.05, 0) is 60.2 Å². The number of aromatic nitrogens is 1. The molecule has 1 aromatic heterocycles. The molecule has 2 aliphatic rings. The van der Waals surface area contributed by atoms with E-state index >= 15 is 0 Å². The molecule has 5 nitrogen and oxygen atoms in total. The minimum atomic E-state index is -0.230. The Kier molecular flexibility index (Phi) is 6.62. The second kappa shape index (κ2) is 9.74. The average molecular weight is 409 g/mol. The zero-order valence-corrected chi connectivity index (χ0v) is 17.3. The second-order valence-electron chi connectivity index (χ2n) is 8.01. The predicted molar refractivity (Wildman–Crippen MR) is 118 cm³/mol. The quantitative estimate of drug-likeness (QED) is 0.804. The van der Waals surface area contributed by atoms with Gasteiger partial charge in [0.1, 0.15) is 11.6 Å². The Bertz CT molecular complexity index is 888. The molecule has 1 N–H and O–H groups in total. The number of carbonyl (C=O) groups is 1. The highest BCUT2D eigenvalue weighted by atomic mass is 19.1. The maximum absolute atomic E-state index is 13.1. The topological polar surface area (TPSA) is 48.5 Å². The van der Waals surface area contributed by atoms with Crippen LogP contribution in [0.4, 0.5) is 15.0 Å². The highest BCUT2D eigenvalue weighted by Crippen LogP contribution is 2.23. The van der Waals surface area contributed by atoms with E-state index < -0.39 is 0 Å². The van der Waals surface area contributed by atoms with E-state index in [4.69, 9.17) is 0 Å². The van der Waals surface area contributed by atoms with Crippen LogP contribution < -0.4 is 10.2 Å². The largest absolute Gasteiger partial charge is 0.357 e. The van der Waals surface area contributed by atoms with Crippen molar-refractivity contribution in [2.24, 2.45) is 0 Å². The first kappa shape index (κ1) is 20.4. The summed E-state index contributed by atoms with van der Waals surface area (Å²) in [5.74, 6) is 0.778. The van der Waals surface area contributed by atoms with Crippen molar-refractivity contribution in [1.82, 2.24) is 15.2 Å². The van der Waals surface area contributed by atoms with Crippen molar-refractivity contribution in [3.8, 4) is 0 Å². The summed E-state index contributed by atoms with van der Waals surface area (Å²) in [7, 11) is 0. The van der Waals surface area contributed by atoms with Gasteiger partial charge in [-0.3, -0.25) is 0 Å². The molecule has 0 radical (unpaired) electrons. The van der Waals surface area contributed by atoms with Gasteiger partial charge in [0.15, 0.2) is 0 Å². The number of hydrogen-bond donors (Lipinski definition) is 1. The van der Waals surface area contributed by atoms with Crippen molar-refractivity contribution >= 4 is 17.4 Å². The summed E-state index contributed by atoms with van der Waals surface area (Å²) in [5, 5.41) is 3.04. The fraction of sp³-hybridized carbons (Fsp3) is 0.417. The van der Waals surface area contributed by atoms with Gasteiger partial charge < -0.3 is 15.1 Å². The van der Waals surface area contributed by atoms with Gasteiger partial charge in [0.25, 0.3) is 0 Å². The van der Waals surface area contributed by atoms with Crippen LogP contribution in [0.3, 0.4) is 0 Å². The van der Waals surface area contributed by atoms with Crippen LogP contribution in [0.1, 0.15) is 43.2 Å². The van der Waals surface area contributed by atoms with E-state index in [0.717, 1.165) is 42.0 Å². The molecule has 6 heteroatoms. The molecule has 0 bridgehead atoms. The molecular formula is C24H29FN4O. The molecule has 1 saturated heterocycles. The lowest BCUT2D eigenvalue weighted by Gasteiger charge is -2.27. The van der Waals surface area contributed by atoms with Gasteiger partial charge in [-0.2, -0.15) is 0 Å². The lowest BCUT2D eigenvalue weighted by atomic mass is 10.00. The van der Waals surface area contributed by atoms with Crippen LogP contribution in [0.2, 0.25) is 0 Å². The summed E-state index contributed by atoms with van der Waals surface area (Å²) < 4.78 is 13.1. The van der Waals surface area contributed by atoms with Crippen molar-refractivity contribution in [2.75, 3.05) is 31.1 Å². The Hall–Kier alpha value is -2.89. The van der Waals surface area contributed by atoms with E-state index in [1.807, 2.05) is 17.2 Å². The summed E-state index contributed by atoms with van der Waals surface area (Å²) in [6.07, 6.45) is 9.67. The monoisotopic (exact) mass is 408 g/mol. The van der Waals surface area contributed by atoms with Crippen LogP contribution in [0, 0.1) is 5.82 Å². The number of nitrogens with zero attached hydrogens (tertiary/aromatic N) is 3. The molecule has 0 atom stereocenters. The van der Waals surface area contributed by atoms with E-state index in [9.17, 15) is 9.18 Å². The summed E-state index contributed by atoms with van der Waals surface area (Å²) in [6.45, 7) is 3.82. The van der Waals surface area contributed by atoms with Crippen LogP contribution in [0.15, 0.2) is 48.7 Å². The minimum absolute atomic E-state index is 0.0578. The molecule has 1 aromatic carbocycles. The summed E-state index contributed by atoms with van der Waals surface area (Å²) >= 11 is 0. The van der Waals surface area contributed by atoms with Crippen LogP contribution >= 0.6 is 0 Å². The van der Waals surface area contributed by atoms with Gasteiger partial charge >= 0.3 is 6.03 Å². The first-order chi connectivity index (χ1) is 14.7. The Balaban J connectivity index is 1.31. The Morgan fingerprint density at radius 1 is 1.03 bits per heavy atom. The third kappa shape index (κ3) is 5.17. The van der Waals surface area contributed by atoms with Crippen molar-refractivity contribution < 1.29 is 9.18 Å². The number of carbonyl (C=O) groups excluding carboxylic acids is 1. The number of urea groups is 1. The van der Waals surface area contributed by atoms with Crippen LogP contribution in [-0.4, -0.2) is 42.1 Å². The lowest BCUT2D eigenvalue weighted by molar-refractivity contribution is 0.202. The molecule has 1 fully saturated rings. The fourth-order valence-corrected chi connectivity index (χ4v) is 4.11. The third-order valence-corrected chi connectivity index (χ3v) is 5.90. The summed E-state index contributed by atoms with van der Waals surface area (Å²) in [6, 6.07) is 10.5. The molecule has 30 heavy (non-hydrogen) atoms. The molecule has 4 rings (SSSR count). The first-order valence-electron chi connectivity index (χ1n) is 10.9. The third-order valence-electron chi connectivity index (χ3n) is 5.90. The zero-order valence-electron chi connectivity index (χ0n) is 17.3.